The molecule has 0 saturated heterocycles. The van der Waals surface area contributed by atoms with Gasteiger partial charge < -0.3 is 5.73 Å². The van der Waals surface area contributed by atoms with Crippen molar-refractivity contribution in [1.29, 1.82) is 0 Å². The Morgan fingerprint density at radius 3 is 2.46 bits per heavy atom. The number of halogens is 2. The van der Waals surface area contributed by atoms with Gasteiger partial charge in [-0.2, -0.15) is 4.39 Å². The van der Waals surface area contributed by atoms with Crippen LogP contribution < -0.4 is 5.73 Å². The van der Waals surface area contributed by atoms with Crippen molar-refractivity contribution in [2.24, 2.45) is 11.7 Å². The van der Waals surface area contributed by atoms with E-state index >= 15 is 0 Å². The van der Waals surface area contributed by atoms with Crippen molar-refractivity contribution in [2.45, 2.75) is 19.9 Å². The molecule has 1 unspecified atom stereocenters. The van der Waals surface area contributed by atoms with Crippen LogP contribution in [0.2, 0.25) is 0 Å². The summed E-state index contributed by atoms with van der Waals surface area (Å²) in [6.07, 6.45) is 1.27. The van der Waals surface area contributed by atoms with Crippen molar-refractivity contribution in [3.8, 4) is 0 Å². The molecule has 2 nitrogen and oxygen atoms in total. The molecular formula is C9H12F2N2. The summed E-state index contributed by atoms with van der Waals surface area (Å²) >= 11 is 0. The van der Waals surface area contributed by atoms with E-state index in [-0.39, 0.29) is 12.0 Å². The Hall–Kier alpha value is -1.03. The summed E-state index contributed by atoms with van der Waals surface area (Å²) in [5, 5.41) is 0. The third-order valence-electron chi connectivity index (χ3n) is 1.92. The summed E-state index contributed by atoms with van der Waals surface area (Å²) in [7, 11) is 0. The molecule has 0 aliphatic carbocycles. The second-order valence-electron chi connectivity index (χ2n) is 3.31. The van der Waals surface area contributed by atoms with E-state index in [0.29, 0.717) is 5.56 Å². The molecule has 0 bridgehead atoms. The van der Waals surface area contributed by atoms with E-state index in [9.17, 15) is 8.78 Å². The van der Waals surface area contributed by atoms with Gasteiger partial charge in [0.15, 0.2) is 5.82 Å². The number of pyridine rings is 1. The van der Waals surface area contributed by atoms with Gasteiger partial charge in [0.1, 0.15) is 0 Å². The van der Waals surface area contributed by atoms with E-state index in [1.807, 2.05) is 13.8 Å². The zero-order valence-electron chi connectivity index (χ0n) is 7.59. The van der Waals surface area contributed by atoms with Crippen LogP contribution in [0.5, 0.6) is 0 Å². The Kier molecular flexibility index (Phi) is 2.93. The molecule has 0 saturated carbocycles. The van der Waals surface area contributed by atoms with Crippen LogP contribution in [0, 0.1) is 17.7 Å². The van der Waals surface area contributed by atoms with Crippen molar-refractivity contribution < 1.29 is 8.78 Å². The Labute approximate surface area is 75.8 Å². The molecule has 4 heteroatoms. The highest BCUT2D eigenvalue weighted by molar-refractivity contribution is 5.15. The van der Waals surface area contributed by atoms with Crippen molar-refractivity contribution in [1.82, 2.24) is 4.98 Å². The molecule has 0 amide bonds. The van der Waals surface area contributed by atoms with E-state index in [4.69, 9.17) is 5.73 Å². The van der Waals surface area contributed by atoms with Gasteiger partial charge in [-0.1, -0.05) is 13.8 Å². The van der Waals surface area contributed by atoms with Gasteiger partial charge in [0, 0.05) is 12.2 Å². The highest BCUT2D eigenvalue weighted by atomic mass is 19.2. The first kappa shape index (κ1) is 10.1. The second-order valence-corrected chi connectivity index (χ2v) is 3.31. The van der Waals surface area contributed by atoms with Crippen LogP contribution in [-0.4, -0.2) is 4.98 Å². The lowest BCUT2D eigenvalue weighted by atomic mass is 9.99. The lowest BCUT2D eigenvalue weighted by Crippen LogP contribution is -2.17. The van der Waals surface area contributed by atoms with Crippen molar-refractivity contribution in [3.63, 3.8) is 0 Å². The summed E-state index contributed by atoms with van der Waals surface area (Å²) in [5.74, 6) is -1.86. The monoisotopic (exact) mass is 186 g/mol. The lowest BCUT2D eigenvalue weighted by Gasteiger charge is -2.15. The Balaban J connectivity index is 2.97. The maximum atomic E-state index is 12.7. The Bertz CT molecular complexity index is 300. The Morgan fingerprint density at radius 2 is 2.00 bits per heavy atom. The smallest absolute Gasteiger partial charge is 0.248 e. The quantitative estimate of drug-likeness (QED) is 0.717. The van der Waals surface area contributed by atoms with E-state index in [2.05, 4.69) is 4.98 Å². The molecule has 0 fully saturated rings. The van der Waals surface area contributed by atoms with Gasteiger partial charge in [-0.3, -0.25) is 0 Å². The third-order valence-corrected chi connectivity index (χ3v) is 1.92. The van der Waals surface area contributed by atoms with Crippen LogP contribution in [0.3, 0.4) is 0 Å². The molecular weight excluding hydrogens is 174 g/mol. The summed E-state index contributed by atoms with van der Waals surface area (Å²) in [4.78, 5) is 3.26. The molecule has 1 atom stereocenters. The third kappa shape index (κ3) is 2.21. The standard InChI is InChI=1S/C9H12F2N2/c1-5(2)8(12)6-3-7(10)9(11)13-4-6/h3-5,8H,12H2,1-2H3. The molecule has 1 aromatic heterocycles. The van der Waals surface area contributed by atoms with Crippen LogP contribution in [0.4, 0.5) is 8.78 Å². The number of aromatic nitrogens is 1. The normalized spacial score (nSPS) is 13.4. The molecule has 2 N–H and O–H groups in total. The summed E-state index contributed by atoms with van der Waals surface area (Å²) in [6.45, 7) is 3.82. The number of rotatable bonds is 2. The average Bonchev–Trinajstić information content (AvgIpc) is 2.08. The minimum atomic E-state index is -1.08. The van der Waals surface area contributed by atoms with Gasteiger partial charge >= 0.3 is 0 Å². The van der Waals surface area contributed by atoms with Crippen LogP contribution in [0.25, 0.3) is 0 Å². The van der Waals surface area contributed by atoms with Crippen LogP contribution in [0.1, 0.15) is 25.5 Å². The molecule has 0 aromatic carbocycles. The maximum Gasteiger partial charge on any atom is 0.248 e. The van der Waals surface area contributed by atoms with Crippen LogP contribution >= 0.6 is 0 Å². The molecule has 1 aromatic rings. The zero-order valence-corrected chi connectivity index (χ0v) is 7.59. The lowest BCUT2D eigenvalue weighted by molar-refractivity contribution is 0.464. The largest absolute Gasteiger partial charge is 0.324 e. The molecule has 0 aliphatic heterocycles. The molecule has 0 aliphatic rings. The molecule has 13 heavy (non-hydrogen) atoms. The van der Waals surface area contributed by atoms with Crippen LogP contribution in [0.15, 0.2) is 12.3 Å². The zero-order chi connectivity index (χ0) is 10.0. The van der Waals surface area contributed by atoms with Crippen molar-refractivity contribution in [2.75, 3.05) is 0 Å². The minimum Gasteiger partial charge on any atom is -0.324 e. The maximum absolute atomic E-state index is 12.7. The summed E-state index contributed by atoms with van der Waals surface area (Å²) in [6, 6.07) is 0.787. The van der Waals surface area contributed by atoms with Gasteiger partial charge in [0.25, 0.3) is 0 Å². The molecule has 1 rings (SSSR count). The highest BCUT2D eigenvalue weighted by Gasteiger charge is 2.13. The minimum absolute atomic E-state index is 0.173. The van der Waals surface area contributed by atoms with Crippen LogP contribution in [-0.2, 0) is 0 Å². The predicted octanol–water partition coefficient (Wildman–Crippen LogP) is 2.02. The van der Waals surface area contributed by atoms with E-state index in [1.165, 1.54) is 6.20 Å². The second kappa shape index (κ2) is 3.79. The fraction of sp³-hybridized carbons (Fsp3) is 0.444. The predicted molar refractivity (Wildman–Crippen MR) is 45.9 cm³/mol. The first-order valence-electron chi connectivity index (χ1n) is 4.09. The van der Waals surface area contributed by atoms with Crippen molar-refractivity contribution in [3.05, 3.63) is 29.6 Å². The average molecular weight is 186 g/mol. The van der Waals surface area contributed by atoms with E-state index in [0.717, 1.165) is 6.07 Å². The number of hydrogen-bond acceptors (Lipinski definition) is 2. The fourth-order valence-corrected chi connectivity index (χ4v) is 1.00. The first-order valence-corrected chi connectivity index (χ1v) is 4.09. The van der Waals surface area contributed by atoms with Gasteiger partial charge in [-0.15, -0.1) is 0 Å². The van der Waals surface area contributed by atoms with Crippen molar-refractivity contribution >= 4 is 0 Å². The SMILES string of the molecule is CC(C)C(N)c1cnc(F)c(F)c1. The van der Waals surface area contributed by atoms with E-state index in [1.54, 1.807) is 0 Å². The molecule has 0 spiro atoms. The Morgan fingerprint density at radius 1 is 1.38 bits per heavy atom. The number of nitrogens with zero attached hydrogens (tertiary/aromatic N) is 1. The fourth-order valence-electron chi connectivity index (χ4n) is 1.00. The van der Waals surface area contributed by atoms with Gasteiger partial charge in [-0.05, 0) is 17.5 Å². The van der Waals surface area contributed by atoms with Gasteiger partial charge in [0.2, 0.25) is 5.95 Å². The van der Waals surface area contributed by atoms with Gasteiger partial charge in [0.05, 0.1) is 0 Å². The van der Waals surface area contributed by atoms with E-state index < -0.39 is 11.8 Å². The van der Waals surface area contributed by atoms with Gasteiger partial charge in [-0.25, -0.2) is 9.37 Å². The topological polar surface area (TPSA) is 38.9 Å². The molecule has 1 heterocycles. The summed E-state index contributed by atoms with van der Waals surface area (Å²) in [5.41, 5.74) is 6.25. The number of nitrogens with two attached hydrogens (primary N) is 1. The molecule has 72 valence electrons. The summed E-state index contributed by atoms with van der Waals surface area (Å²) < 4.78 is 25.1. The molecule has 0 radical (unpaired) electrons. The number of hydrogen-bond donors (Lipinski definition) is 1. The highest BCUT2D eigenvalue weighted by Crippen LogP contribution is 2.18. The first-order chi connectivity index (χ1) is 6.02.